The fourth-order valence-corrected chi connectivity index (χ4v) is 7.64. The zero-order valence-electron chi connectivity index (χ0n) is 44.9. The highest BCUT2D eigenvalue weighted by atomic mass is 15.5. The Bertz CT molecular complexity index is 2150. The van der Waals surface area contributed by atoms with Gasteiger partial charge in [0.05, 0.1) is 11.4 Å². The lowest BCUT2D eigenvalue weighted by Crippen LogP contribution is -2.38. The lowest BCUT2D eigenvalue weighted by atomic mass is 10.1. The van der Waals surface area contributed by atoms with Crippen LogP contribution in [0.25, 0.3) is 11.4 Å². The van der Waals surface area contributed by atoms with E-state index in [0.29, 0.717) is 31.1 Å². The van der Waals surface area contributed by atoms with Crippen molar-refractivity contribution in [2.24, 2.45) is 22.7 Å². The molecule has 0 bridgehead atoms. The molecule has 0 aliphatic heterocycles. The Morgan fingerprint density at radius 2 is 0.630 bits per heavy atom. The molecule has 0 spiro atoms. The minimum absolute atomic E-state index is 0. The molecule has 0 aromatic heterocycles. The standard InChI is InChI=1S/C23H28N4.C19H32N4.C17H28N4.2CH4/c1-18(24-26(5)20(3)22-13-9-7-10-14-22)17-19(2)25-27(6)21(4)23-15-11-8-12-16-23;1-14(20-22(7)16(3)18(5)9-10-18)13-15(2)21-23(8)17(4)19(6)11-12-19;1-12(18-20(5)14(3)16-7-8-16)11-13(2)19-21(6)15(4)17-9-10-17;;/h7-16,24-25H,1-4,17H2,5-6H3;20-21H,1-4,9-13H2,5-8H3;16-19H,1-4,7-11H2,5-6H3;2*1H4. The lowest BCUT2D eigenvalue weighted by Gasteiger charge is -2.31. The van der Waals surface area contributed by atoms with E-state index in [1.165, 1.54) is 51.4 Å². The third-order valence-corrected chi connectivity index (χ3v) is 13.4. The highest BCUT2D eigenvalue weighted by Gasteiger charge is 2.43. The Morgan fingerprint density at radius 1 is 0.397 bits per heavy atom. The fourth-order valence-electron chi connectivity index (χ4n) is 7.64. The number of hydrazine groups is 6. The first kappa shape index (κ1) is 62.0. The molecule has 0 unspecified atom stereocenters. The summed E-state index contributed by atoms with van der Waals surface area (Å²) in [7, 11) is 11.8. The quantitative estimate of drug-likeness (QED) is 0.0421. The Morgan fingerprint density at radius 3 is 0.863 bits per heavy atom. The summed E-state index contributed by atoms with van der Waals surface area (Å²) >= 11 is 0. The van der Waals surface area contributed by atoms with Crippen LogP contribution in [0, 0.1) is 22.7 Å². The van der Waals surface area contributed by atoms with Crippen molar-refractivity contribution < 1.29 is 0 Å². The number of nitrogens with one attached hydrogen (secondary N) is 6. The van der Waals surface area contributed by atoms with Gasteiger partial charge in [-0.05, 0) is 62.5 Å². The second-order valence-electron chi connectivity index (χ2n) is 20.3. The summed E-state index contributed by atoms with van der Waals surface area (Å²) in [6.45, 7) is 53.8. The van der Waals surface area contributed by atoms with E-state index in [2.05, 4.69) is 125 Å². The van der Waals surface area contributed by atoms with Gasteiger partial charge in [0, 0.05) is 141 Å². The zero-order valence-corrected chi connectivity index (χ0v) is 44.9. The van der Waals surface area contributed by atoms with E-state index >= 15 is 0 Å². The van der Waals surface area contributed by atoms with Gasteiger partial charge in [0.2, 0.25) is 0 Å². The van der Waals surface area contributed by atoms with E-state index in [-0.39, 0.29) is 25.7 Å². The van der Waals surface area contributed by atoms with Gasteiger partial charge in [-0.2, -0.15) is 0 Å². The molecule has 400 valence electrons. The maximum Gasteiger partial charge on any atom is 0.0569 e. The Kier molecular flexibility index (Phi) is 23.5. The molecule has 0 saturated heterocycles. The summed E-state index contributed by atoms with van der Waals surface area (Å²) in [5, 5.41) is 11.6. The summed E-state index contributed by atoms with van der Waals surface area (Å²) in [4.78, 5) is 0. The van der Waals surface area contributed by atoms with E-state index < -0.39 is 0 Å². The highest BCUT2D eigenvalue weighted by molar-refractivity contribution is 5.62. The smallest absolute Gasteiger partial charge is 0.0569 e. The molecule has 73 heavy (non-hydrogen) atoms. The topological polar surface area (TPSA) is 91.6 Å². The molecule has 6 rings (SSSR count). The van der Waals surface area contributed by atoms with Crippen molar-refractivity contribution in [1.82, 2.24) is 62.6 Å². The van der Waals surface area contributed by atoms with Crippen LogP contribution in [0.3, 0.4) is 0 Å². The minimum Gasteiger partial charge on any atom is -0.303 e. The fraction of sp³-hybridized carbons (Fsp3) is 0.410. The molecule has 0 atom stereocenters. The molecule has 0 heterocycles. The van der Waals surface area contributed by atoms with E-state index in [1.807, 2.05) is 133 Å². The average molecular weight is 998 g/mol. The Hall–Kier alpha value is -7.08. The summed E-state index contributed by atoms with van der Waals surface area (Å²) in [6.07, 6.45) is 11.7. The van der Waals surface area contributed by atoms with Gasteiger partial charge >= 0.3 is 0 Å². The predicted octanol–water partition coefficient (Wildman–Crippen LogP) is 12.9. The van der Waals surface area contributed by atoms with Crippen molar-refractivity contribution in [3.63, 3.8) is 0 Å². The van der Waals surface area contributed by atoms with Crippen LogP contribution < -0.4 is 32.6 Å². The third kappa shape index (κ3) is 20.2. The van der Waals surface area contributed by atoms with Gasteiger partial charge in [0.1, 0.15) is 0 Å². The molecule has 4 aliphatic rings. The molecule has 4 fully saturated rings. The first-order valence-electron chi connectivity index (χ1n) is 24.7. The molecule has 4 saturated carbocycles. The number of allylic oxidation sites excluding steroid dienone is 4. The summed E-state index contributed by atoms with van der Waals surface area (Å²) in [6, 6.07) is 20.0. The van der Waals surface area contributed by atoms with Gasteiger partial charge in [-0.3, -0.25) is 30.1 Å². The molecule has 12 nitrogen and oxygen atoms in total. The van der Waals surface area contributed by atoms with E-state index in [1.54, 1.807) is 0 Å². The largest absolute Gasteiger partial charge is 0.303 e. The van der Waals surface area contributed by atoms with Crippen LogP contribution in [0.2, 0.25) is 0 Å². The lowest BCUT2D eigenvalue weighted by molar-refractivity contribution is 0.278. The van der Waals surface area contributed by atoms with Crippen molar-refractivity contribution in [1.29, 1.82) is 0 Å². The van der Waals surface area contributed by atoms with Gasteiger partial charge in [-0.15, -0.1) is 0 Å². The Labute approximate surface area is 444 Å². The van der Waals surface area contributed by atoms with Crippen molar-refractivity contribution in [3.05, 3.63) is 208 Å². The van der Waals surface area contributed by atoms with Gasteiger partial charge < -0.3 is 32.6 Å². The number of hydrogen-bond donors (Lipinski definition) is 6. The van der Waals surface area contributed by atoms with Crippen LogP contribution in [-0.4, -0.2) is 72.3 Å². The predicted molar refractivity (Wildman–Crippen MR) is 315 cm³/mol. The van der Waals surface area contributed by atoms with Gasteiger partial charge in [0.25, 0.3) is 0 Å². The van der Waals surface area contributed by atoms with Crippen molar-refractivity contribution in [2.75, 3.05) is 42.3 Å². The summed E-state index contributed by atoms with van der Waals surface area (Å²) in [5.41, 5.74) is 33.7. The number of benzene rings is 2. The first-order valence-corrected chi connectivity index (χ1v) is 24.7. The molecule has 0 radical (unpaired) electrons. The minimum atomic E-state index is 0. The second-order valence-corrected chi connectivity index (χ2v) is 20.3. The van der Waals surface area contributed by atoms with Crippen LogP contribution >= 0.6 is 0 Å². The molecule has 6 N–H and O–H groups in total. The number of rotatable bonds is 30. The molecule has 2 aromatic rings. The maximum atomic E-state index is 4.19. The SMILES string of the molecule is C.C.C=C(CC(=C)NN(C)C(=C)C1(C)CC1)NN(C)C(=C)C1(C)CC1.C=C(CC(=C)NN(C)C(=C)C1CC1)NN(C)C(=C)C1CC1.C=C(CC(=C)NN(C)C(=C)c1ccccc1)NN(C)C(=C)c1ccccc1. The maximum absolute atomic E-state index is 4.19. The van der Waals surface area contributed by atoms with E-state index in [0.717, 1.165) is 79.5 Å². The van der Waals surface area contributed by atoms with E-state index in [4.69, 9.17) is 0 Å². The van der Waals surface area contributed by atoms with Crippen molar-refractivity contribution in [2.45, 2.75) is 99.3 Å². The third-order valence-electron chi connectivity index (χ3n) is 13.4. The van der Waals surface area contributed by atoms with Crippen LogP contribution in [0.5, 0.6) is 0 Å². The van der Waals surface area contributed by atoms with Crippen LogP contribution in [-0.2, 0) is 0 Å². The van der Waals surface area contributed by atoms with Gasteiger partial charge in [-0.25, -0.2) is 0 Å². The summed E-state index contributed by atoms with van der Waals surface area (Å²) < 4.78 is 0. The van der Waals surface area contributed by atoms with Crippen LogP contribution in [0.1, 0.15) is 110 Å². The normalized spacial score (nSPS) is 14.6. The molecule has 0 amide bonds. The van der Waals surface area contributed by atoms with Gasteiger partial charge in [-0.1, -0.05) is 168 Å². The molecular weight excluding hydrogens is 901 g/mol. The van der Waals surface area contributed by atoms with Gasteiger partial charge in [0.15, 0.2) is 0 Å². The van der Waals surface area contributed by atoms with Crippen LogP contribution in [0.15, 0.2) is 197 Å². The number of nitrogens with zero attached hydrogens (tertiary/aromatic N) is 6. The second kappa shape index (κ2) is 27.7. The average Bonchev–Trinajstić information content (AvgIpc) is 4.09. The molecular formula is C61H96N12. The Balaban J connectivity index is 0.000000373. The van der Waals surface area contributed by atoms with Crippen molar-refractivity contribution >= 4 is 11.4 Å². The number of hydrogen-bond acceptors (Lipinski definition) is 12. The molecule has 2 aromatic carbocycles. The molecule has 12 heteroatoms. The van der Waals surface area contributed by atoms with Crippen molar-refractivity contribution in [3.8, 4) is 0 Å². The highest BCUT2D eigenvalue weighted by Crippen LogP contribution is 2.52. The monoisotopic (exact) mass is 997 g/mol. The van der Waals surface area contributed by atoms with Crippen LogP contribution in [0.4, 0.5) is 0 Å². The summed E-state index contributed by atoms with van der Waals surface area (Å²) in [5.74, 6) is 1.29. The zero-order chi connectivity index (χ0) is 52.8. The molecule has 4 aliphatic carbocycles. The first-order chi connectivity index (χ1) is 33.3. The van der Waals surface area contributed by atoms with E-state index in [9.17, 15) is 0 Å².